The predicted octanol–water partition coefficient (Wildman–Crippen LogP) is 3.35. The summed E-state index contributed by atoms with van der Waals surface area (Å²) >= 11 is 1.54. The molecule has 5 rings (SSSR count). The van der Waals surface area contributed by atoms with Crippen LogP contribution in [0.25, 0.3) is 0 Å². The van der Waals surface area contributed by atoms with Crippen molar-refractivity contribution in [3.05, 3.63) is 93.7 Å². The number of urea groups is 1. The van der Waals surface area contributed by atoms with Crippen LogP contribution in [-0.2, 0) is 21.5 Å². The Bertz CT molecular complexity index is 1150. The molecule has 3 aromatic rings. The van der Waals surface area contributed by atoms with Crippen molar-refractivity contribution < 1.29 is 14.4 Å². The fraction of sp³-hybridized carbons (Fsp3) is 0.208. The third kappa shape index (κ3) is 3.31. The summed E-state index contributed by atoms with van der Waals surface area (Å²) in [7, 11) is 0. The van der Waals surface area contributed by atoms with Crippen LogP contribution in [0.15, 0.2) is 72.1 Å². The summed E-state index contributed by atoms with van der Waals surface area (Å²) in [5, 5.41) is 7.82. The Morgan fingerprint density at radius 2 is 1.84 bits per heavy atom. The van der Waals surface area contributed by atoms with Crippen molar-refractivity contribution >= 4 is 29.2 Å². The molecule has 0 saturated carbocycles. The van der Waals surface area contributed by atoms with E-state index in [1.165, 1.54) is 0 Å². The van der Waals surface area contributed by atoms with E-state index in [1.54, 1.807) is 11.3 Å². The van der Waals surface area contributed by atoms with Crippen LogP contribution in [0, 0.1) is 0 Å². The van der Waals surface area contributed by atoms with Crippen molar-refractivity contribution in [3.63, 3.8) is 0 Å². The Kier molecular flexibility index (Phi) is 4.82. The van der Waals surface area contributed by atoms with Crippen LogP contribution in [0.5, 0.6) is 0 Å². The number of nitrogens with zero attached hydrogens (tertiary/aromatic N) is 1. The molecule has 0 radical (unpaired) electrons. The van der Waals surface area contributed by atoms with Crippen LogP contribution >= 0.6 is 11.3 Å². The summed E-state index contributed by atoms with van der Waals surface area (Å²) in [6.45, 7) is -0.316. The van der Waals surface area contributed by atoms with Gasteiger partial charge in [-0.3, -0.25) is 14.5 Å². The Balaban J connectivity index is 1.36. The number of fused-ring (bicyclic) bond motifs is 2. The van der Waals surface area contributed by atoms with E-state index in [1.807, 2.05) is 72.1 Å². The Hall–Kier alpha value is -3.45. The van der Waals surface area contributed by atoms with Gasteiger partial charge in [0.15, 0.2) is 0 Å². The molecule has 0 unspecified atom stereocenters. The van der Waals surface area contributed by atoms with Gasteiger partial charge in [-0.05, 0) is 41.0 Å². The first-order valence-corrected chi connectivity index (χ1v) is 11.1. The standard InChI is InChI=1S/C24H21N3O3S/c28-20(25-21(19-11-6-14-31-19)17-8-2-1-3-9-17)15-27-22(29)24(26-23(27)30)13-12-16-7-4-5-10-18(16)24/h1-11,14,21H,12-13,15H2,(H,25,28)(H,26,30)/t21-,24+/m1/s1. The summed E-state index contributed by atoms with van der Waals surface area (Å²) in [6.07, 6.45) is 1.23. The van der Waals surface area contributed by atoms with Gasteiger partial charge in [-0.2, -0.15) is 0 Å². The van der Waals surface area contributed by atoms with Crippen molar-refractivity contribution in [2.45, 2.75) is 24.4 Å². The summed E-state index contributed by atoms with van der Waals surface area (Å²) < 4.78 is 0. The number of hydrogen-bond donors (Lipinski definition) is 2. The normalized spacial score (nSPS) is 20.6. The smallest absolute Gasteiger partial charge is 0.325 e. The largest absolute Gasteiger partial charge is 0.343 e. The first-order valence-electron chi connectivity index (χ1n) is 10.2. The molecule has 2 aliphatic rings. The first-order chi connectivity index (χ1) is 15.1. The lowest BCUT2D eigenvalue weighted by Crippen LogP contribution is -2.44. The molecule has 1 saturated heterocycles. The molecule has 2 N–H and O–H groups in total. The zero-order chi connectivity index (χ0) is 21.4. The molecule has 6 nitrogen and oxygen atoms in total. The number of hydrogen-bond acceptors (Lipinski definition) is 4. The van der Waals surface area contributed by atoms with Crippen LogP contribution < -0.4 is 10.6 Å². The minimum Gasteiger partial charge on any atom is -0.343 e. The van der Waals surface area contributed by atoms with E-state index in [0.29, 0.717) is 6.42 Å². The van der Waals surface area contributed by atoms with Gasteiger partial charge in [-0.1, -0.05) is 60.7 Å². The molecule has 1 aliphatic carbocycles. The molecule has 7 heteroatoms. The van der Waals surface area contributed by atoms with Crippen molar-refractivity contribution in [1.82, 2.24) is 15.5 Å². The van der Waals surface area contributed by atoms with Crippen LogP contribution in [0.3, 0.4) is 0 Å². The van der Waals surface area contributed by atoms with Crippen molar-refractivity contribution in [3.8, 4) is 0 Å². The molecule has 156 valence electrons. The summed E-state index contributed by atoms with van der Waals surface area (Å²) in [5.41, 5.74) is 1.78. The van der Waals surface area contributed by atoms with Gasteiger partial charge in [0.2, 0.25) is 5.91 Å². The van der Waals surface area contributed by atoms with E-state index in [0.717, 1.165) is 32.9 Å². The van der Waals surface area contributed by atoms with Crippen molar-refractivity contribution in [2.75, 3.05) is 6.54 Å². The highest BCUT2D eigenvalue weighted by atomic mass is 32.1. The first kappa shape index (κ1) is 19.5. The average molecular weight is 432 g/mol. The van der Waals surface area contributed by atoms with Gasteiger partial charge in [0.05, 0.1) is 6.04 Å². The monoisotopic (exact) mass is 431 g/mol. The molecule has 2 heterocycles. The number of thiophene rings is 1. The van der Waals surface area contributed by atoms with Gasteiger partial charge in [0.25, 0.3) is 5.91 Å². The second kappa shape index (κ2) is 7.67. The SMILES string of the molecule is O=C(CN1C(=O)N[C@]2(CCc3ccccc32)C1=O)N[C@H](c1ccccc1)c1cccs1. The average Bonchev–Trinajstić information content (AvgIpc) is 3.50. The lowest BCUT2D eigenvalue weighted by atomic mass is 9.92. The zero-order valence-electron chi connectivity index (χ0n) is 16.7. The number of imide groups is 1. The molecular formula is C24H21N3O3S. The molecule has 1 aromatic heterocycles. The number of carbonyl (C=O) groups is 3. The maximum Gasteiger partial charge on any atom is 0.325 e. The van der Waals surface area contributed by atoms with Gasteiger partial charge in [0.1, 0.15) is 12.1 Å². The topological polar surface area (TPSA) is 78.5 Å². The second-order valence-corrected chi connectivity index (χ2v) is 8.79. The summed E-state index contributed by atoms with van der Waals surface area (Å²) in [4.78, 5) is 40.9. The third-order valence-corrected chi connectivity index (χ3v) is 6.93. The number of aryl methyl sites for hydroxylation is 1. The Labute approximate surface area is 183 Å². The van der Waals surface area contributed by atoms with Gasteiger partial charge in [0, 0.05) is 4.88 Å². The van der Waals surface area contributed by atoms with Crippen molar-refractivity contribution in [1.29, 1.82) is 0 Å². The van der Waals surface area contributed by atoms with Crippen LogP contribution in [0.2, 0.25) is 0 Å². The van der Waals surface area contributed by atoms with Crippen LogP contribution in [0.1, 0.15) is 34.0 Å². The molecule has 1 aliphatic heterocycles. The highest BCUT2D eigenvalue weighted by Gasteiger charge is 2.55. The van der Waals surface area contributed by atoms with E-state index in [2.05, 4.69) is 10.6 Å². The molecule has 1 fully saturated rings. The van der Waals surface area contributed by atoms with E-state index < -0.39 is 11.6 Å². The van der Waals surface area contributed by atoms with Gasteiger partial charge in [-0.25, -0.2) is 4.79 Å². The predicted molar refractivity (Wildman–Crippen MR) is 117 cm³/mol. The number of rotatable bonds is 5. The number of amides is 4. The molecule has 2 atom stereocenters. The molecular weight excluding hydrogens is 410 g/mol. The van der Waals surface area contributed by atoms with E-state index in [4.69, 9.17) is 0 Å². The number of nitrogens with one attached hydrogen (secondary N) is 2. The molecule has 1 spiro atoms. The fourth-order valence-corrected chi connectivity index (χ4v) is 5.31. The Morgan fingerprint density at radius 1 is 1.06 bits per heavy atom. The quantitative estimate of drug-likeness (QED) is 0.608. The second-order valence-electron chi connectivity index (χ2n) is 7.81. The van der Waals surface area contributed by atoms with Crippen LogP contribution in [-0.4, -0.2) is 29.3 Å². The van der Waals surface area contributed by atoms with Crippen molar-refractivity contribution in [2.24, 2.45) is 0 Å². The lowest BCUT2D eigenvalue weighted by molar-refractivity contribution is -0.135. The Morgan fingerprint density at radius 3 is 2.61 bits per heavy atom. The van der Waals surface area contributed by atoms with E-state index >= 15 is 0 Å². The highest BCUT2D eigenvalue weighted by Crippen LogP contribution is 2.41. The van der Waals surface area contributed by atoms with Gasteiger partial charge in [-0.15, -0.1) is 11.3 Å². The minimum absolute atomic E-state index is 0.316. The highest BCUT2D eigenvalue weighted by molar-refractivity contribution is 7.10. The van der Waals surface area contributed by atoms with E-state index in [-0.39, 0.29) is 24.4 Å². The summed E-state index contributed by atoms with van der Waals surface area (Å²) in [5.74, 6) is -0.737. The van der Waals surface area contributed by atoms with Gasteiger partial charge < -0.3 is 10.6 Å². The fourth-order valence-electron chi connectivity index (χ4n) is 4.50. The lowest BCUT2D eigenvalue weighted by Gasteiger charge is -2.23. The maximum atomic E-state index is 13.3. The molecule has 31 heavy (non-hydrogen) atoms. The van der Waals surface area contributed by atoms with Crippen LogP contribution in [0.4, 0.5) is 4.79 Å². The third-order valence-electron chi connectivity index (χ3n) is 5.99. The van der Waals surface area contributed by atoms with Gasteiger partial charge >= 0.3 is 6.03 Å². The summed E-state index contributed by atoms with van der Waals surface area (Å²) in [6, 6.07) is 20.3. The number of benzene rings is 2. The number of carbonyl (C=O) groups excluding carboxylic acids is 3. The van der Waals surface area contributed by atoms with E-state index in [9.17, 15) is 14.4 Å². The zero-order valence-corrected chi connectivity index (χ0v) is 17.5. The molecule has 0 bridgehead atoms. The minimum atomic E-state index is -1.06. The maximum absolute atomic E-state index is 13.3. The molecule has 2 aromatic carbocycles. The molecule has 4 amide bonds.